The van der Waals surface area contributed by atoms with Crippen molar-refractivity contribution in [3.63, 3.8) is 0 Å². The zero-order valence-electron chi connectivity index (χ0n) is 13.6. The minimum Gasteiger partial charge on any atom is -0.300 e. The molecule has 2 saturated carbocycles. The van der Waals surface area contributed by atoms with Crippen LogP contribution in [0.25, 0.3) is 10.8 Å². The monoisotopic (exact) mass is 304 g/mol. The molecule has 2 fully saturated rings. The lowest BCUT2D eigenvalue weighted by atomic mass is 9.56. The maximum Gasteiger partial charge on any atom is 0.133 e. The van der Waals surface area contributed by atoms with Crippen LogP contribution in [0.3, 0.4) is 0 Å². The van der Waals surface area contributed by atoms with Crippen molar-refractivity contribution in [2.45, 2.75) is 50.9 Å². The molecular formula is C22H24O. The molecule has 4 unspecified atom stereocenters. The van der Waals surface area contributed by atoms with Gasteiger partial charge in [-0.05, 0) is 77.7 Å². The van der Waals surface area contributed by atoms with Crippen LogP contribution in [0, 0.1) is 17.8 Å². The number of aryl methyl sites for hydroxylation is 1. The first-order valence-corrected chi connectivity index (χ1v) is 9.33. The first-order valence-electron chi connectivity index (χ1n) is 9.33. The van der Waals surface area contributed by atoms with Gasteiger partial charge in [0.1, 0.15) is 5.78 Å². The van der Waals surface area contributed by atoms with Crippen LogP contribution in [0.5, 0.6) is 0 Å². The van der Waals surface area contributed by atoms with Crippen LogP contribution in [0.4, 0.5) is 0 Å². The first kappa shape index (κ1) is 13.8. The van der Waals surface area contributed by atoms with Crippen LogP contribution < -0.4 is 0 Å². The molecule has 5 rings (SSSR count). The van der Waals surface area contributed by atoms with Gasteiger partial charge in [-0.15, -0.1) is 0 Å². The minimum atomic E-state index is 0.520. The quantitative estimate of drug-likeness (QED) is 0.648. The molecule has 0 spiro atoms. The number of hydrogen-bond acceptors (Lipinski definition) is 1. The highest BCUT2D eigenvalue weighted by molar-refractivity contribution is 5.87. The summed E-state index contributed by atoms with van der Waals surface area (Å²) in [5.74, 6) is 3.60. The number of rotatable bonds is 0. The van der Waals surface area contributed by atoms with E-state index in [0.29, 0.717) is 11.7 Å². The van der Waals surface area contributed by atoms with Gasteiger partial charge in [-0.25, -0.2) is 0 Å². The fraction of sp³-hybridized carbons (Fsp3) is 0.500. The molecule has 3 aliphatic rings. The molecule has 0 saturated heterocycles. The molecule has 2 aromatic rings. The Morgan fingerprint density at radius 1 is 0.826 bits per heavy atom. The minimum absolute atomic E-state index is 0.520. The van der Waals surface area contributed by atoms with E-state index < -0.39 is 0 Å². The summed E-state index contributed by atoms with van der Waals surface area (Å²) in [5.41, 5.74) is 3.25. The molecular weight excluding hydrogens is 280 g/mol. The molecule has 0 aromatic heterocycles. The van der Waals surface area contributed by atoms with Crippen molar-refractivity contribution in [3.8, 4) is 0 Å². The second kappa shape index (κ2) is 5.19. The van der Waals surface area contributed by atoms with Gasteiger partial charge in [0.2, 0.25) is 0 Å². The van der Waals surface area contributed by atoms with E-state index in [-0.39, 0.29) is 0 Å². The van der Waals surface area contributed by atoms with Crippen molar-refractivity contribution >= 4 is 16.6 Å². The predicted molar refractivity (Wildman–Crippen MR) is 93.6 cm³/mol. The van der Waals surface area contributed by atoms with Gasteiger partial charge in [0.05, 0.1) is 0 Å². The molecule has 0 N–H and O–H groups in total. The molecule has 2 aromatic carbocycles. The summed E-state index contributed by atoms with van der Waals surface area (Å²) in [4.78, 5) is 11.8. The van der Waals surface area contributed by atoms with E-state index >= 15 is 0 Å². The number of carbonyl (C=O) groups excluding carboxylic acids is 1. The molecule has 0 radical (unpaired) electrons. The van der Waals surface area contributed by atoms with Crippen molar-refractivity contribution in [2.24, 2.45) is 17.8 Å². The molecule has 118 valence electrons. The number of fused-ring (bicyclic) bond motifs is 7. The highest BCUT2D eigenvalue weighted by Gasteiger charge is 2.44. The molecule has 1 nitrogen and oxygen atoms in total. The van der Waals surface area contributed by atoms with Gasteiger partial charge in [-0.1, -0.05) is 36.4 Å². The number of Topliss-reactive ketones (excluding diaryl/α,β-unsaturated/α-hetero) is 1. The molecule has 0 aliphatic heterocycles. The van der Waals surface area contributed by atoms with Crippen LogP contribution in [-0.2, 0) is 11.2 Å². The van der Waals surface area contributed by atoms with Gasteiger partial charge >= 0.3 is 0 Å². The molecule has 0 bridgehead atoms. The van der Waals surface area contributed by atoms with Crippen molar-refractivity contribution in [2.75, 3.05) is 0 Å². The maximum absolute atomic E-state index is 11.8. The number of benzene rings is 2. The Labute approximate surface area is 138 Å². The van der Waals surface area contributed by atoms with Crippen molar-refractivity contribution in [1.29, 1.82) is 0 Å². The maximum atomic E-state index is 11.8. The summed E-state index contributed by atoms with van der Waals surface area (Å²) < 4.78 is 0. The summed E-state index contributed by atoms with van der Waals surface area (Å²) >= 11 is 0. The van der Waals surface area contributed by atoms with E-state index in [9.17, 15) is 4.79 Å². The van der Waals surface area contributed by atoms with E-state index in [4.69, 9.17) is 0 Å². The molecule has 23 heavy (non-hydrogen) atoms. The lowest BCUT2D eigenvalue weighted by Gasteiger charge is -2.48. The molecule has 0 heterocycles. The summed E-state index contributed by atoms with van der Waals surface area (Å²) in [6.45, 7) is 0. The Hall–Kier alpha value is -1.63. The molecule has 3 aliphatic carbocycles. The number of hydrogen-bond donors (Lipinski definition) is 0. The molecule has 4 atom stereocenters. The third kappa shape index (κ3) is 2.09. The highest BCUT2D eigenvalue weighted by atomic mass is 16.1. The second-order valence-electron chi connectivity index (χ2n) is 7.95. The number of carbonyl (C=O) groups is 1. The van der Waals surface area contributed by atoms with Crippen molar-refractivity contribution in [1.82, 2.24) is 0 Å². The summed E-state index contributed by atoms with van der Waals surface area (Å²) in [6.07, 6.45) is 8.01. The summed E-state index contributed by atoms with van der Waals surface area (Å²) in [5, 5.41) is 2.87. The summed E-state index contributed by atoms with van der Waals surface area (Å²) in [6, 6.07) is 13.6. The Balaban J connectivity index is 1.55. The average Bonchev–Trinajstić information content (AvgIpc) is 2.60. The van der Waals surface area contributed by atoms with Crippen LogP contribution in [-0.4, -0.2) is 5.78 Å². The lowest BCUT2D eigenvalue weighted by Crippen LogP contribution is -2.39. The standard InChI is InChI=1S/C22H24O/c23-16-7-10-18-15(13-16)6-9-22-20(18)12-11-19-17-4-2-1-3-14(17)5-8-21(19)22/h1-5,8,15,18,20,22H,6-7,9-13H2. The van der Waals surface area contributed by atoms with Crippen molar-refractivity contribution in [3.05, 3.63) is 47.5 Å². The van der Waals surface area contributed by atoms with Gasteiger partial charge in [-0.2, -0.15) is 0 Å². The molecule has 1 heteroatoms. The van der Waals surface area contributed by atoms with E-state index in [2.05, 4.69) is 36.4 Å². The second-order valence-corrected chi connectivity index (χ2v) is 7.95. The normalized spacial score (nSPS) is 33.0. The number of ketones is 1. The zero-order valence-corrected chi connectivity index (χ0v) is 13.6. The van der Waals surface area contributed by atoms with E-state index in [1.807, 2.05) is 0 Å². The van der Waals surface area contributed by atoms with Gasteiger partial charge < -0.3 is 0 Å². The molecule has 0 amide bonds. The van der Waals surface area contributed by atoms with E-state index in [1.54, 1.807) is 11.1 Å². The SMILES string of the molecule is O=C1CCC2C(CCC3c4ccc5ccccc5c4CCC32)C1. The smallest absolute Gasteiger partial charge is 0.133 e. The van der Waals surface area contributed by atoms with Crippen LogP contribution >= 0.6 is 0 Å². The van der Waals surface area contributed by atoms with Crippen LogP contribution in [0.1, 0.15) is 55.6 Å². The lowest BCUT2D eigenvalue weighted by molar-refractivity contribution is -0.124. The third-order valence-corrected chi connectivity index (χ3v) is 6.97. The van der Waals surface area contributed by atoms with Crippen LogP contribution in [0.15, 0.2) is 36.4 Å². The topological polar surface area (TPSA) is 17.1 Å². The Bertz CT molecular complexity index is 775. The van der Waals surface area contributed by atoms with Gasteiger partial charge in [-0.3, -0.25) is 4.79 Å². The fourth-order valence-electron chi connectivity index (χ4n) is 5.99. The summed E-state index contributed by atoms with van der Waals surface area (Å²) in [7, 11) is 0. The highest BCUT2D eigenvalue weighted by Crippen LogP contribution is 2.54. The fourth-order valence-corrected chi connectivity index (χ4v) is 5.99. The Morgan fingerprint density at radius 2 is 1.70 bits per heavy atom. The zero-order chi connectivity index (χ0) is 15.4. The Morgan fingerprint density at radius 3 is 2.65 bits per heavy atom. The Kier molecular flexibility index (Phi) is 3.11. The van der Waals surface area contributed by atoms with Gasteiger partial charge in [0.15, 0.2) is 0 Å². The third-order valence-electron chi connectivity index (χ3n) is 6.97. The van der Waals surface area contributed by atoms with E-state index in [1.165, 1.54) is 36.5 Å². The van der Waals surface area contributed by atoms with Crippen LogP contribution in [0.2, 0.25) is 0 Å². The van der Waals surface area contributed by atoms with Gasteiger partial charge in [0.25, 0.3) is 0 Å². The average molecular weight is 304 g/mol. The van der Waals surface area contributed by atoms with E-state index in [0.717, 1.165) is 37.0 Å². The largest absolute Gasteiger partial charge is 0.300 e. The first-order chi connectivity index (χ1) is 11.3. The predicted octanol–water partition coefficient (Wildman–Crippen LogP) is 5.27. The van der Waals surface area contributed by atoms with Crippen molar-refractivity contribution < 1.29 is 4.79 Å². The van der Waals surface area contributed by atoms with Gasteiger partial charge in [0, 0.05) is 12.8 Å².